The molecular formula is C36H81N7O3+2. The van der Waals surface area contributed by atoms with Crippen molar-refractivity contribution in [3.05, 3.63) is 0 Å². The summed E-state index contributed by atoms with van der Waals surface area (Å²) in [6.45, 7) is 7.18. The van der Waals surface area contributed by atoms with Crippen molar-refractivity contribution in [2.45, 2.75) is 141 Å². The third-order valence-corrected chi connectivity index (χ3v) is 9.03. The largest absolute Gasteiger partial charge is 0.357 e. The summed E-state index contributed by atoms with van der Waals surface area (Å²) in [7, 11) is 5.86. The summed E-state index contributed by atoms with van der Waals surface area (Å²) in [4.78, 5) is 40.6. The maximum atomic E-state index is 13.2. The fourth-order valence-electron chi connectivity index (χ4n) is 5.91. The number of rotatable bonds is 34. The average molecular weight is 662 g/mol. The van der Waals surface area contributed by atoms with Crippen LogP contribution in [0.2, 0.25) is 0 Å². The zero-order valence-corrected chi connectivity index (χ0v) is 30.7. The summed E-state index contributed by atoms with van der Waals surface area (Å²) >= 11 is 0. The number of hydrogen-bond donors (Lipinski definition) is 6. The molecule has 0 aromatic carbocycles. The predicted octanol–water partition coefficient (Wildman–Crippen LogP) is 3.22. The number of hydrogen-bond acceptors (Lipinski definition) is 5. The molecule has 0 aliphatic heterocycles. The molecule has 0 fully saturated rings. The van der Waals surface area contributed by atoms with Crippen LogP contribution in [0.1, 0.15) is 138 Å². The summed E-state index contributed by atoms with van der Waals surface area (Å²) in [5.74, 6) is 0.304. The molecule has 1 unspecified atom stereocenters. The van der Waals surface area contributed by atoms with Crippen molar-refractivity contribution in [1.82, 2.24) is 26.2 Å². The number of carbonyl (C=O) groups excluding carboxylic acids is 3. The number of amides is 3. The maximum Gasteiger partial charge on any atom is 0.278 e. The Morgan fingerprint density at radius 3 is 1.65 bits per heavy atom. The maximum absolute atomic E-state index is 13.2. The van der Waals surface area contributed by atoms with Gasteiger partial charge >= 0.3 is 0 Å². The molecule has 2 atom stereocenters. The van der Waals surface area contributed by atoms with Crippen molar-refractivity contribution in [3.8, 4) is 0 Å². The van der Waals surface area contributed by atoms with Crippen molar-refractivity contribution < 1.29 is 28.3 Å². The SMILES string of the molecule is CCCCCCCCCCCCCC(=O)N(CCCNC(=O)C(C[NH3+])CCCCNC)CCCNC(=O)[C@@H](CCCCNC)[NH2+]C.[2HH].[2HH]. The van der Waals surface area contributed by atoms with Gasteiger partial charge < -0.3 is 37.2 Å². The molecule has 10 nitrogen and oxygen atoms in total. The van der Waals surface area contributed by atoms with Gasteiger partial charge in [-0.15, -0.1) is 0 Å². The first kappa shape index (κ1) is 44.2. The minimum atomic E-state index is -0.0651. The van der Waals surface area contributed by atoms with Crippen LogP contribution in [-0.4, -0.2) is 95.6 Å². The minimum absolute atomic E-state index is 0. The van der Waals surface area contributed by atoms with E-state index in [1.165, 1.54) is 57.8 Å². The Kier molecular flexibility index (Phi) is 31.9. The van der Waals surface area contributed by atoms with Crippen molar-refractivity contribution in [2.75, 3.05) is 67.0 Å². The monoisotopic (exact) mass is 662 g/mol. The van der Waals surface area contributed by atoms with E-state index in [0.717, 1.165) is 77.3 Å². The van der Waals surface area contributed by atoms with Gasteiger partial charge in [-0.3, -0.25) is 14.4 Å². The second-order valence-corrected chi connectivity index (χ2v) is 13.1. The molecule has 3 amide bonds. The van der Waals surface area contributed by atoms with Crippen LogP contribution in [0.3, 0.4) is 0 Å². The topological polar surface area (TPSA) is 147 Å². The van der Waals surface area contributed by atoms with Crippen molar-refractivity contribution in [3.63, 3.8) is 0 Å². The third kappa shape index (κ3) is 25.4. The molecule has 0 saturated heterocycles. The first-order valence-corrected chi connectivity index (χ1v) is 19.2. The van der Waals surface area contributed by atoms with Gasteiger partial charge in [-0.25, -0.2) is 0 Å². The highest BCUT2D eigenvalue weighted by Gasteiger charge is 2.20. The quantitative estimate of drug-likeness (QED) is 0.0587. The Bertz CT molecular complexity index is 698. The van der Waals surface area contributed by atoms with Gasteiger partial charge in [0.25, 0.3) is 5.91 Å². The van der Waals surface area contributed by atoms with Crippen molar-refractivity contribution >= 4 is 17.7 Å². The fourth-order valence-corrected chi connectivity index (χ4v) is 5.91. The molecule has 0 saturated carbocycles. The highest BCUT2D eigenvalue weighted by molar-refractivity contribution is 5.80. The molecule has 46 heavy (non-hydrogen) atoms. The first-order valence-electron chi connectivity index (χ1n) is 19.2. The summed E-state index contributed by atoms with van der Waals surface area (Å²) in [6.07, 6.45) is 21.8. The number of likely N-dealkylation sites (N-methyl/N-ethyl adjacent to an activating group) is 1. The van der Waals surface area contributed by atoms with E-state index in [1.807, 2.05) is 31.4 Å². The Morgan fingerprint density at radius 2 is 1.15 bits per heavy atom. The lowest BCUT2D eigenvalue weighted by Crippen LogP contribution is -2.89. The summed E-state index contributed by atoms with van der Waals surface area (Å²) < 4.78 is 0. The van der Waals surface area contributed by atoms with Crippen LogP contribution >= 0.6 is 0 Å². The molecule has 0 rings (SSSR count). The lowest BCUT2D eigenvalue weighted by molar-refractivity contribution is -0.650. The van der Waals surface area contributed by atoms with Crippen molar-refractivity contribution in [2.24, 2.45) is 5.92 Å². The standard InChI is InChI=1S/C36H75N7O3.2H2/c1-5-6-7-8-9-10-11-12-13-14-15-24-34(44)43(29-20-27-41-35(45)32(31-37)22-16-18-25-38-2)30-21-28-42-36(46)33(40-4)23-17-19-26-39-3;;/h32-33,38-40H,5-31,37H2,1-4H3,(H,41,45)(H,42,46);2*1H/p+2/t32?,33-;;/m1../s1/i;2*1+1. The zero-order chi connectivity index (χ0) is 34.1. The van der Waals surface area contributed by atoms with Crippen LogP contribution in [0.4, 0.5) is 0 Å². The molecule has 276 valence electrons. The van der Waals surface area contributed by atoms with E-state index in [0.29, 0.717) is 39.1 Å². The molecule has 10 heteroatoms. The minimum Gasteiger partial charge on any atom is -0.357 e. The van der Waals surface area contributed by atoms with E-state index in [1.54, 1.807) is 0 Å². The molecule has 0 aliphatic rings. The van der Waals surface area contributed by atoms with E-state index >= 15 is 0 Å². The first-order chi connectivity index (χ1) is 22.4. The normalized spacial score (nSPS) is 12.5. The van der Waals surface area contributed by atoms with Crippen LogP contribution < -0.4 is 32.3 Å². The molecule has 0 radical (unpaired) electrons. The van der Waals surface area contributed by atoms with E-state index in [2.05, 4.69) is 33.9 Å². The van der Waals surface area contributed by atoms with Gasteiger partial charge in [0.1, 0.15) is 0 Å². The van der Waals surface area contributed by atoms with Gasteiger partial charge in [0.2, 0.25) is 11.8 Å². The van der Waals surface area contributed by atoms with E-state index in [4.69, 9.17) is 0 Å². The Morgan fingerprint density at radius 1 is 0.652 bits per heavy atom. The van der Waals surface area contributed by atoms with Gasteiger partial charge in [0.05, 0.1) is 19.5 Å². The molecule has 0 bridgehead atoms. The molecule has 0 spiro atoms. The summed E-state index contributed by atoms with van der Waals surface area (Å²) in [5.41, 5.74) is 3.98. The lowest BCUT2D eigenvalue weighted by atomic mass is 10.0. The second kappa shape index (κ2) is 33.2. The number of nitrogens with one attached hydrogen (secondary N) is 4. The predicted molar refractivity (Wildman–Crippen MR) is 196 cm³/mol. The van der Waals surface area contributed by atoms with E-state index < -0.39 is 0 Å². The fraction of sp³-hybridized carbons (Fsp3) is 0.917. The van der Waals surface area contributed by atoms with Gasteiger partial charge in [-0.1, -0.05) is 77.6 Å². The lowest BCUT2D eigenvalue weighted by Gasteiger charge is -2.23. The highest BCUT2D eigenvalue weighted by atomic mass is 16.2. The summed E-state index contributed by atoms with van der Waals surface area (Å²) in [5, 5.41) is 14.5. The van der Waals surface area contributed by atoms with E-state index in [9.17, 15) is 14.4 Å². The van der Waals surface area contributed by atoms with Gasteiger partial charge in [-0.05, 0) is 72.1 Å². The zero-order valence-electron chi connectivity index (χ0n) is 30.7. The van der Waals surface area contributed by atoms with Crippen LogP contribution in [-0.2, 0) is 14.4 Å². The van der Waals surface area contributed by atoms with Crippen LogP contribution in [0, 0.1) is 5.92 Å². The van der Waals surface area contributed by atoms with Crippen LogP contribution in [0.25, 0.3) is 0 Å². The molecular weight excluding hydrogens is 578 g/mol. The molecule has 0 aliphatic carbocycles. The van der Waals surface area contributed by atoms with Crippen molar-refractivity contribution in [1.29, 1.82) is 0 Å². The van der Waals surface area contributed by atoms with Gasteiger partial charge in [0.15, 0.2) is 6.04 Å². The number of nitrogens with zero attached hydrogens (tertiary/aromatic N) is 1. The molecule has 9 N–H and O–H groups in total. The van der Waals surface area contributed by atoms with Gasteiger partial charge in [0, 0.05) is 41.9 Å². The van der Waals surface area contributed by atoms with Crippen LogP contribution in [0.5, 0.6) is 0 Å². The molecule has 0 aromatic heterocycles. The highest BCUT2D eigenvalue weighted by Crippen LogP contribution is 2.13. The smallest absolute Gasteiger partial charge is 0.278 e. The molecule has 0 heterocycles. The number of carbonyl (C=O) groups is 3. The number of unbranched alkanes of at least 4 members (excludes halogenated alkanes) is 12. The second-order valence-electron chi connectivity index (χ2n) is 13.1. The third-order valence-electron chi connectivity index (χ3n) is 9.03. The average Bonchev–Trinajstić information content (AvgIpc) is 3.06. The number of nitrogens with two attached hydrogens (primary N) is 1. The number of quaternary nitrogens is 2. The summed E-state index contributed by atoms with van der Waals surface area (Å²) in [6, 6.07) is -0.0651. The van der Waals surface area contributed by atoms with Gasteiger partial charge in [-0.2, -0.15) is 0 Å². The van der Waals surface area contributed by atoms with Crippen LogP contribution in [0.15, 0.2) is 0 Å². The Hall–Kier alpha value is -1.75. The Balaban J connectivity index is -0.0000101. The molecule has 0 aromatic rings. The Labute approximate surface area is 286 Å². The van der Waals surface area contributed by atoms with E-state index in [-0.39, 0.29) is 32.5 Å².